The van der Waals surface area contributed by atoms with Gasteiger partial charge < -0.3 is 14.7 Å². The summed E-state index contributed by atoms with van der Waals surface area (Å²) in [6.45, 7) is 6.38. The molecule has 0 radical (unpaired) electrons. The van der Waals surface area contributed by atoms with Crippen molar-refractivity contribution in [3.05, 3.63) is 29.8 Å². The van der Waals surface area contributed by atoms with Crippen molar-refractivity contribution in [2.45, 2.75) is 32.7 Å². The molecule has 2 heterocycles. The lowest BCUT2D eigenvalue weighted by Crippen LogP contribution is -2.55. The van der Waals surface area contributed by atoms with E-state index >= 15 is 0 Å². The van der Waals surface area contributed by atoms with Gasteiger partial charge in [-0.25, -0.2) is 0 Å². The van der Waals surface area contributed by atoms with Crippen LogP contribution in [0.25, 0.3) is 0 Å². The first kappa shape index (κ1) is 19.7. The molecule has 2 amide bonds. The van der Waals surface area contributed by atoms with E-state index in [1.807, 2.05) is 36.1 Å². The predicted molar refractivity (Wildman–Crippen MR) is 108 cm³/mol. The number of ketones is 1. The van der Waals surface area contributed by atoms with Crippen LogP contribution in [0, 0.1) is 0 Å². The number of anilines is 1. The molecule has 0 bridgehead atoms. The quantitative estimate of drug-likeness (QED) is 0.723. The standard InChI is InChI=1S/C20H27N3O3S/c1-3-4-19(25)23-14-27-13-18(23)20(26)22-11-9-21(10-12-22)17-7-5-16(6-8-17)15(2)24/h5-8,18H,3-4,9-14H2,1-2H3/t18-/m0/s1. The molecule has 27 heavy (non-hydrogen) atoms. The van der Waals surface area contributed by atoms with Crippen LogP contribution in [-0.2, 0) is 9.59 Å². The van der Waals surface area contributed by atoms with Crippen LogP contribution in [0.5, 0.6) is 0 Å². The second-order valence-corrected chi connectivity index (χ2v) is 8.04. The Morgan fingerprint density at radius 3 is 2.33 bits per heavy atom. The van der Waals surface area contributed by atoms with Gasteiger partial charge in [-0.05, 0) is 37.6 Å². The van der Waals surface area contributed by atoms with Crippen LogP contribution in [0.1, 0.15) is 37.0 Å². The van der Waals surface area contributed by atoms with E-state index in [9.17, 15) is 14.4 Å². The molecular formula is C20H27N3O3S. The van der Waals surface area contributed by atoms with Gasteiger partial charge in [0.2, 0.25) is 11.8 Å². The first-order valence-corrected chi connectivity index (χ1v) is 10.7. The monoisotopic (exact) mass is 389 g/mol. The smallest absolute Gasteiger partial charge is 0.246 e. The van der Waals surface area contributed by atoms with Crippen molar-refractivity contribution in [1.82, 2.24) is 9.80 Å². The highest BCUT2D eigenvalue weighted by molar-refractivity contribution is 7.99. The van der Waals surface area contributed by atoms with Crippen LogP contribution in [0.3, 0.4) is 0 Å². The Bertz CT molecular complexity index is 699. The van der Waals surface area contributed by atoms with E-state index in [1.54, 1.807) is 23.6 Å². The van der Waals surface area contributed by atoms with Gasteiger partial charge in [-0.2, -0.15) is 0 Å². The lowest BCUT2D eigenvalue weighted by Gasteiger charge is -2.38. The fraction of sp³-hybridized carbons (Fsp3) is 0.550. The highest BCUT2D eigenvalue weighted by Crippen LogP contribution is 2.25. The Morgan fingerprint density at radius 1 is 1.07 bits per heavy atom. The number of carbonyl (C=O) groups excluding carboxylic acids is 3. The van der Waals surface area contributed by atoms with Gasteiger partial charge in [-0.15, -0.1) is 11.8 Å². The second-order valence-electron chi connectivity index (χ2n) is 7.04. The molecule has 3 rings (SSSR count). The van der Waals surface area contributed by atoms with E-state index in [0.29, 0.717) is 36.7 Å². The minimum Gasteiger partial charge on any atom is -0.368 e. The number of carbonyl (C=O) groups is 3. The SMILES string of the molecule is CCCC(=O)N1CSC[C@H]1C(=O)N1CCN(c2ccc(C(C)=O)cc2)CC1. The average Bonchev–Trinajstić information content (AvgIpc) is 3.18. The zero-order valence-electron chi connectivity index (χ0n) is 16.0. The summed E-state index contributed by atoms with van der Waals surface area (Å²) < 4.78 is 0. The van der Waals surface area contributed by atoms with Crippen LogP contribution in [0.2, 0.25) is 0 Å². The lowest BCUT2D eigenvalue weighted by atomic mass is 10.1. The maximum atomic E-state index is 12.9. The summed E-state index contributed by atoms with van der Waals surface area (Å²) in [5.74, 6) is 1.55. The fourth-order valence-electron chi connectivity index (χ4n) is 3.55. The summed E-state index contributed by atoms with van der Waals surface area (Å²) in [7, 11) is 0. The van der Waals surface area contributed by atoms with Crippen molar-refractivity contribution in [3.63, 3.8) is 0 Å². The van der Waals surface area contributed by atoms with Crippen LogP contribution in [0.4, 0.5) is 5.69 Å². The third-order valence-electron chi connectivity index (χ3n) is 5.18. The third kappa shape index (κ3) is 4.46. The average molecular weight is 390 g/mol. The zero-order valence-corrected chi connectivity index (χ0v) is 16.8. The molecule has 0 aliphatic carbocycles. The van der Waals surface area contributed by atoms with E-state index in [4.69, 9.17) is 0 Å². The van der Waals surface area contributed by atoms with Crippen LogP contribution < -0.4 is 4.90 Å². The van der Waals surface area contributed by atoms with Gasteiger partial charge in [0, 0.05) is 49.6 Å². The van der Waals surface area contributed by atoms with Crippen LogP contribution in [0.15, 0.2) is 24.3 Å². The van der Waals surface area contributed by atoms with Gasteiger partial charge in [-0.1, -0.05) is 6.92 Å². The Labute approximate surface area is 164 Å². The number of amides is 2. The highest BCUT2D eigenvalue weighted by atomic mass is 32.2. The van der Waals surface area contributed by atoms with E-state index in [1.165, 1.54) is 0 Å². The molecule has 0 aromatic heterocycles. The Morgan fingerprint density at radius 2 is 1.74 bits per heavy atom. The number of hydrogen-bond donors (Lipinski definition) is 0. The molecule has 6 nitrogen and oxygen atoms in total. The van der Waals surface area contributed by atoms with Crippen molar-refractivity contribution in [3.8, 4) is 0 Å². The number of benzene rings is 1. The third-order valence-corrected chi connectivity index (χ3v) is 6.19. The van der Waals surface area contributed by atoms with Crippen molar-refractivity contribution in [2.24, 2.45) is 0 Å². The topological polar surface area (TPSA) is 60.9 Å². The zero-order chi connectivity index (χ0) is 19.4. The van der Waals surface area contributed by atoms with Gasteiger partial charge in [0.1, 0.15) is 6.04 Å². The number of piperazine rings is 1. The van der Waals surface area contributed by atoms with E-state index < -0.39 is 0 Å². The summed E-state index contributed by atoms with van der Waals surface area (Å²) in [5.41, 5.74) is 1.78. The van der Waals surface area contributed by atoms with Gasteiger partial charge >= 0.3 is 0 Å². The Hall–Kier alpha value is -2.02. The van der Waals surface area contributed by atoms with E-state index in [2.05, 4.69) is 4.90 Å². The van der Waals surface area contributed by atoms with Crippen molar-refractivity contribution < 1.29 is 14.4 Å². The molecule has 1 aromatic carbocycles. The molecule has 1 aromatic rings. The molecule has 2 fully saturated rings. The summed E-state index contributed by atoms with van der Waals surface area (Å²) in [4.78, 5) is 42.5. The largest absolute Gasteiger partial charge is 0.368 e. The van der Waals surface area contributed by atoms with E-state index in [-0.39, 0.29) is 23.6 Å². The van der Waals surface area contributed by atoms with Crippen molar-refractivity contribution >= 4 is 35.0 Å². The minimum atomic E-state index is -0.310. The van der Waals surface area contributed by atoms with Crippen molar-refractivity contribution in [2.75, 3.05) is 42.7 Å². The molecule has 146 valence electrons. The molecule has 7 heteroatoms. The molecule has 2 saturated heterocycles. The number of thioether (sulfide) groups is 1. The molecule has 1 atom stereocenters. The Kier molecular flexibility index (Phi) is 6.42. The number of rotatable bonds is 5. The van der Waals surface area contributed by atoms with Gasteiger partial charge in [-0.3, -0.25) is 14.4 Å². The first-order chi connectivity index (χ1) is 13.0. The van der Waals surface area contributed by atoms with E-state index in [0.717, 1.165) is 25.2 Å². The van der Waals surface area contributed by atoms with Gasteiger partial charge in [0.25, 0.3) is 0 Å². The normalized spacial score (nSPS) is 20.1. The van der Waals surface area contributed by atoms with Crippen LogP contribution >= 0.6 is 11.8 Å². The van der Waals surface area contributed by atoms with Gasteiger partial charge in [0.15, 0.2) is 5.78 Å². The number of hydrogen-bond acceptors (Lipinski definition) is 5. The lowest BCUT2D eigenvalue weighted by molar-refractivity contribution is -0.143. The maximum Gasteiger partial charge on any atom is 0.246 e. The summed E-state index contributed by atoms with van der Waals surface area (Å²) in [5, 5.41) is 0. The fourth-order valence-corrected chi connectivity index (χ4v) is 4.73. The molecule has 2 aliphatic rings. The molecule has 0 spiro atoms. The predicted octanol–water partition coefficient (Wildman–Crippen LogP) is 2.24. The number of Topliss-reactive ketones (excluding diaryl/α,β-unsaturated/α-hetero) is 1. The molecule has 0 saturated carbocycles. The van der Waals surface area contributed by atoms with Gasteiger partial charge in [0.05, 0.1) is 5.88 Å². The molecule has 0 N–H and O–H groups in total. The molecule has 0 unspecified atom stereocenters. The summed E-state index contributed by atoms with van der Waals surface area (Å²) in [6.07, 6.45) is 1.32. The van der Waals surface area contributed by atoms with Crippen LogP contribution in [-0.4, -0.2) is 71.2 Å². The highest BCUT2D eigenvalue weighted by Gasteiger charge is 2.37. The minimum absolute atomic E-state index is 0.0635. The molecule has 2 aliphatic heterocycles. The maximum absolute atomic E-state index is 12.9. The number of nitrogens with zero attached hydrogens (tertiary/aromatic N) is 3. The summed E-state index contributed by atoms with van der Waals surface area (Å²) in [6, 6.07) is 7.32. The summed E-state index contributed by atoms with van der Waals surface area (Å²) >= 11 is 1.66. The second kappa shape index (κ2) is 8.78. The molecular weight excluding hydrogens is 362 g/mol. The first-order valence-electron chi connectivity index (χ1n) is 9.53. The van der Waals surface area contributed by atoms with Crippen molar-refractivity contribution in [1.29, 1.82) is 0 Å². The Balaban J connectivity index is 1.57.